The van der Waals surface area contributed by atoms with Crippen molar-refractivity contribution in [3.05, 3.63) is 14.7 Å². The van der Waals surface area contributed by atoms with E-state index in [-0.39, 0.29) is 6.04 Å². The highest BCUT2D eigenvalue weighted by atomic mass is 79.9. The molecule has 1 heterocycles. The molecule has 0 saturated carbocycles. The molecular weight excluding hydrogens is 348 g/mol. The minimum Gasteiger partial charge on any atom is -0.315 e. The molecule has 1 rings (SSSR count). The van der Waals surface area contributed by atoms with E-state index in [1.54, 1.807) is 6.07 Å². The van der Waals surface area contributed by atoms with Gasteiger partial charge in [0.15, 0.2) is 0 Å². The van der Waals surface area contributed by atoms with E-state index in [4.69, 9.17) is 0 Å². The van der Waals surface area contributed by atoms with Crippen LogP contribution in [0.1, 0.15) is 38.0 Å². The maximum atomic E-state index is 12.4. The van der Waals surface area contributed by atoms with Crippen molar-refractivity contribution in [1.82, 2.24) is 10.0 Å². The van der Waals surface area contributed by atoms with Crippen molar-refractivity contribution >= 4 is 37.3 Å². The first-order valence-electron chi connectivity index (χ1n) is 6.39. The Bertz CT molecular complexity index is 500. The average molecular weight is 369 g/mol. The van der Waals surface area contributed by atoms with Gasteiger partial charge in [-0.15, -0.1) is 11.3 Å². The van der Waals surface area contributed by atoms with Crippen molar-refractivity contribution < 1.29 is 8.42 Å². The lowest BCUT2D eigenvalue weighted by molar-refractivity contribution is 0.512. The van der Waals surface area contributed by atoms with E-state index in [0.29, 0.717) is 15.2 Å². The number of hydrogen-bond donors (Lipinski definition) is 2. The zero-order chi connectivity index (χ0) is 14.5. The summed E-state index contributed by atoms with van der Waals surface area (Å²) < 4.78 is 28.2. The summed E-state index contributed by atoms with van der Waals surface area (Å²) in [4.78, 5) is 1.34. The minimum absolute atomic E-state index is 0.00884. The lowest BCUT2D eigenvalue weighted by Gasteiger charge is -2.15. The molecule has 0 aliphatic carbocycles. The Hall–Kier alpha value is 0.0500. The van der Waals surface area contributed by atoms with Crippen LogP contribution < -0.4 is 10.0 Å². The molecule has 1 aromatic heterocycles. The van der Waals surface area contributed by atoms with Gasteiger partial charge in [-0.3, -0.25) is 0 Å². The smallest absolute Gasteiger partial charge is 0.242 e. The number of thiophene rings is 1. The monoisotopic (exact) mass is 368 g/mol. The summed E-state index contributed by atoms with van der Waals surface area (Å²) in [6.07, 6.45) is 2.63. The van der Waals surface area contributed by atoms with E-state index in [9.17, 15) is 8.42 Å². The zero-order valence-corrected chi connectivity index (χ0v) is 14.7. The molecule has 0 saturated heterocycles. The van der Waals surface area contributed by atoms with Crippen LogP contribution in [0.5, 0.6) is 0 Å². The zero-order valence-electron chi connectivity index (χ0n) is 11.5. The Kier molecular flexibility index (Phi) is 6.96. The van der Waals surface area contributed by atoms with Gasteiger partial charge >= 0.3 is 0 Å². The summed E-state index contributed by atoms with van der Waals surface area (Å²) in [5.41, 5.74) is 0. The number of sulfonamides is 1. The van der Waals surface area contributed by atoms with E-state index in [1.165, 1.54) is 11.3 Å². The second kappa shape index (κ2) is 7.73. The van der Waals surface area contributed by atoms with Gasteiger partial charge in [-0.05, 0) is 41.9 Å². The summed E-state index contributed by atoms with van der Waals surface area (Å²) in [5, 5.41) is 3.02. The topological polar surface area (TPSA) is 58.2 Å². The third-order valence-corrected chi connectivity index (χ3v) is 6.57. The van der Waals surface area contributed by atoms with Gasteiger partial charge in [0.25, 0.3) is 0 Å². The first-order valence-corrected chi connectivity index (χ1v) is 9.49. The second-order valence-electron chi connectivity index (χ2n) is 4.40. The molecule has 2 N–H and O–H groups in total. The third kappa shape index (κ3) is 4.82. The van der Waals surface area contributed by atoms with E-state index < -0.39 is 10.0 Å². The van der Waals surface area contributed by atoms with Gasteiger partial charge in [0.05, 0.1) is 3.79 Å². The molecule has 4 nitrogen and oxygen atoms in total. The van der Waals surface area contributed by atoms with Crippen LogP contribution in [-0.2, 0) is 16.6 Å². The molecule has 7 heteroatoms. The Labute approximate surface area is 128 Å². The molecule has 0 fully saturated rings. The fourth-order valence-electron chi connectivity index (χ4n) is 1.82. The molecule has 0 radical (unpaired) electrons. The molecule has 1 atom stereocenters. The molecular formula is C12H21BrN2O2S2. The van der Waals surface area contributed by atoms with Crippen molar-refractivity contribution in [3.63, 3.8) is 0 Å². The fourth-order valence-corrected chi connectivity index (χ4v) is 5.87. The highest BCUT2D eigenvalue weighted by molar-refractivity contribution is 9.11. The summed E-state index contributed by atoms with van der Waals surface area (Å²) >= 11 is 4.79. The summed E-state index contributed by atoms with van der Waals surface area (Å²) in [6, 6.07) is 1.74. The van der Waals surface area contributed by atoms with E-state index >= 15 is 0 Å². The number of rotatable bonds is 8. The lowest BCUT2D eigenvalue weighted by atomic mass is 10.1. The summed E-state index contributed by atoms with van der Waals surface area (Å²) in [7, 11) is -1.59. The molecule has 1 aromatic rings. The molecule has 0 amide bonds. The highest BCUT2D eigenvalue weighted by Crippen LogP contribution is 2.31. The third-order valence-electron chi connectivity index (χ3n) is 2.80. The van der Waals surface area contributed by atoms with E-state index in [0.717, 1.165) is 24.1 Å². The van der Waals surface area contributed by atoms with Crippen molar-refractivity contribution in [1.29, 1.82) is 0 Å². The van der Waals surface area contributed by atoms with Crippen molar-refractivity contribution in [2.75, 3.05) is 7.05 Å². The first-order chi connectivity index (χ1) is 8.94. The van der Waals surface area contributed by atoms with Gasteiger partial charge in [-0.2, -0.15) is 0 Å². The Morgan fingerprint density at radius 2 is 2.11 bits per heavy atom. The molecule has 19 heavy (non-hydrogen) atoms. The Morgan fingerprint density at radius 1 is 1.42 bits per heavy atom. The highest BCUT2D eigenvalue weighted by Gasteiger charge is 2.23. The first kappa shape index (κ1) is 17.1. The molecule has 0 aliphatic rings. The molecule has 0 aliphatic heterocycles. The van der Waals surface area contributed by atoms with Crippen LogP contribution in [-0.4, -0.2) is 21.5 Å². The minimum atomic E-state index is -3.44. The number of halogens is 1. The van der Waals surface area contributed by atoms with Crippen LogP contribution in [0.4, 0.5) is 0 Å². The van der Waals surface area contributed by atoms with Gasteiger partial charge in [0.2, 0.25) is 10.0 Å². The maximum Gasteiger partial charge on any atom is 0.242 e. The normalized spacial score (nSPS) is 13.7. The largest absolute Gasteiger partial charge is 0.315 e. The van der Waals surface area contributed by atoms with Gasteiger partial charge in [-0.1, -0.05) is 20.3 Å². The molecule has 0 bridgehead atoms. The molecule has 110 valence electrons. The van der Waals surface area contributed by atoms with Crippen molar-refractivity contribution in [2.45, 2.75) is 50.6 Å². The van der Waals surface area contributed by atoms with E-state index in [2.05, 4.69) is 32.9 Å². The maximum absolute atomic E-state index is 12.4. The van der Waals surface area contributed by atoms with Crippen molar-refractivity contribution in [3.8, 4) is 0 Å². The molecule has 0 aromatic carbocycles. The van der Waals surface area contributed by atoms with Crippen LogP contribution in [0.25, 0.3) is 0 Å². The predicted molar refractivity (Wildman–Crippen MR) is 84.1 cm³/mol. The molecule has 1 unspecified atom stereocenters. The Morgan fingerprint density at radius 3 is 2.63 bits per heavy atom. The summed E-state index contributed by atoms with van der Waals surface area (Å²) in [5.74, 6) is 0. The van der Waals surface area contributed by atoms with Gasteiger partial charge in [0, 0.05) is 17.5 Å². The second-order valence-corrected chi connectivity index (χ2v) is 8.53. The van der Waals surface area contributed by atoms with Crippen molar-refractivity contribution in [2.24, 2.45) is 0 Å². The lowest BCUT2D eigenvalue weighted by Crippen LogP contribution is -2.34. The number of nitrogens with one attached hydrogen (secondary N) is 2. The quantitative estimate of drug-likeness (QED) is 0.740. The average Bonchev–Trinajstić information content (AvgIpc) is 2.71. The van der Waals surface area contributed by atoms with Gasteiger partial charge in [0.1, 0.15) is 4.90 Å². The van der Waals surface area contributed by atoms with Crippen LogP contribution in [0.2, 0.25) is 0 Å². The SMILES string of the molecule is CCCC(CC)NS(=O)(=O)c1cc(CNC)sc1Br. The van der Waals surface area contributed by atoms with Crippen LogP contribution in [0, 0.1) is 0 Å². The van der Waals surface area contributed by atoms with Gasteiger partial charge in [-0.25, -0.2) is 13.1 Å². The van der Waals surface area contributed by atoms with Crippen LogP contribution in [0.3, 0.4) is 0 Å². The molecule has 0 spiro atoms. The summed E-state index contributed by atoms with van der Waals surface area (Å²) in [6.45, 7) is 4.73. The fraction of sp³-hybridized carbons (Fsp3) is 0.667. The standard InChI is InChI=1S/C12H21BrN2O2S2/c1-4-6-9(5-2)15-19(16,17)11-7-10(8-14-3)18-12(11)13/h7,9,14-15H,4-6,8H2,1-3H3. The Balaban J connectivity index is 2.93. The van der Waals surface area contributed by atoms with Crippen LogP contribution in [0.15, 0.2) is 14.7 Å². The number of hydrogen-bond acceptors (Lipinski definition) is 4. The van der Waals surface area contributed by atoms with Gasteiger partial charge < -0.3 is 5.32 Å². The van der Waals surface area contributed by atoms with Crippen LogP contribution >= 0.6 is 27.3 Å². The van der Waals surface area contributed by atoms with E-state index in [1.807, 2.05) is 14.0 Å². The predicted octanol–water partition coefficient (Wildman–Crippen LogP) is 3.09.